The van der Waals surface area contributed by atoms with Gasteiger partial charge >= 0.3 is 0 Å². The Bertz CT molecular complexity index is 1290. The standard InChI is InChI=1S/C19H18ClN5O3S2/c1-2-13-7-10-18(29-13)30(26,27)21-11-12-28-17-9-8-16-22-23-19(25(16)24-17)14-5-3-4-6-15(14)20/h3-10,21H,2,11-12H2,1H3. The number of rotatable bonds is 8. The van der Waals surface area contributed by atoms with Gasteiger partial charge in [-0.25, -0.2) is 13.1 Å². The van der Waals surface area contributed by atoms with E-state index in [-0.39, 0.29) is 13.2 Å². The van der Waals surface area contributed by atoms with Crippen LogP contribution >= 0.6 is 22.9 Å². The molecule has 30 heavy (non-hydrogen) atoms. The molecular weight excluding hydrogens is 446 g/mol. The van der Waals surface area contributed by atoms with E-state index >= 15 is 0 Å². The van der Waals surface area contributed by atoms with Gasteiger partial charge in [-0.3, -0.25) is 0 Å². The van der Waals surface area contributed by atoms with E-state index in [1.807, 2.05) is 31.2 Å². The van der Waals surface area contributed by atoms with Crippen molar-refractivity contribution in [3.05, 3.63) is 58.4 Å². The molecule has 0 amide bonds. The maximum Gasteiger partial charge on any atom is 0.250 e. The summed E-state index contributed by atoms with van der Waals surface area (Å²) < 4.78 is 34.7. The second kappa shape index (κ2) is 8.68. The first-order chi connectivity index (χ1) is 14.5. The summed E-state index contributed by atoms with van der Waals surface area (Å²) in [5.41, 5.74) is 1.24. The van der Waals surface area contributed by atoms with Crippen molar-refractivity contribution < 1.29 is 13.2 Å². The zero-order valence-electron chi connectivity index (χ0n) is 15.9. The molecule has 156 valence electrons. The number of halogens is 1. The smallest absolute Gasteiger partial charge is 0.250 e. The summed E-state index contributed by atoms with van der Waals surface area (Å²) in [6.45, 7) is 2.22. The summed E-state index contributed by atoms with van der Waals surface area (Å²) >= 11 is 7.52. The first-order valence-electron chi connectivity index (χ1n) is 9.16. The Labute approximate surface area is 182 Å². The van der Waals surface area contributed by atoms with Gasteiger partial charge in [-0.05, 0) is 36.8 Å². The van der Waals surface area contributed by atoms with Crippen LogP contribution in [-0.4, -0.2) is 41.4 Å². The highest BCUT2D eigenvalue weighted by Gasteiger charge is 2.16. The molecule has 0 unspecified atom stereocenters. The van der Waals surface area contributed by atoms with Crippen molar-refractivity contribution >= 4 is 38.6 Å². The number of benzene rings is 1. The van der Waals surface area contributed by atoms with E-state index in [4.69, 9.17) is 16.3 Å². The SMILES string of the molecule is CCc1ccc(S(=O)(=O)NCCOc2ccc3nnc(-c4ccccc4Cl)n3n2)s1. The lowest BCUT2D eigenvalue weighted by molar-refractivity contribution is 0.306. The molecule has 0 atom stereocenters. The fourth-order valence-electron chi connectivity index (χ4n) is 2.75. The Kier molecular flexibility index (Phi) is 6.00. The minimum absolute atomic E-state index is 0.112. The van der Waals surface area contributed by atoms with E-state index < -0.39 is 10.0 Å². The monoisotopic (exact) mass is 463 g/mol. The van der Waals surface area contributed by atoms with Crippen LogP contribution in [-0.2, 0) is 16.4 Å². The molecule has 0 spiro atoms. The van der Waals surface area contributed by atoms with E-state index in [0.29, 0.717) is 32.1 Å². The van der Waals surface area contributed by atoms with E-state index in [1.54, 1.807) is 28.8 Å². The first kappa shape index (κ1) is 20.7. The van der Waals surface area contributed by atoms with Crippen molar-refractivity contribution in [3.8, 4) is 17.3 Å². The molecule has 0 aliphatic heterocycles. The predicted octanol–water partition coefficient (Wildman–Crippen LogP) is 3.43. The van der Waals surface area contributed by atoms with Gasteiger partial charge in [0.05, 0.1) is 5.02 Å². The topological polar surface area (TPSA) is 98.5 Å². The van der Waals surface area contributed by atoms with Gasteiger partial charge in [-0.1, -0.05) is 30.7 Å². The van der Waals surface area contributed by atoms with Gasteiger partial charge in [0.25, 0.3) is 0 Å². The van der Waals surface area contributed by atoms with Crippen LogP contribution in [0.15, 0.2) is 52.7 Å². The number of aromatic nitrogens is 4. The first-order valence-corrected chi connectivity index (χ1v) is 11.8. The lowest BCUT2D eigenvalue weighted by atomic mass is 10.2. The maximum atomic E-state index is 12.3. The average molecular weight is 464 g/mol. The normalized spacial score (nSPS) is 11.8. The van der Waals surface area contributed by atoms with E-state index in [9.17, 15) is 8.42 Å². The van der Waals surface area contributed by atoms with E-state index in [1.165, 1.54) is 11.3 Å². The van der Waals surface area contributed by atoms with Crippen LogP contribution in [0.25, 0.3) is 17.0 Å². The third kappa shape index (κ3) is 4.31. The van der Waals surface area contributed by atoms with Crippen molar-refractivity contribution in [2.45, 2.75) is 17.6 Å². The molecule has 0 fully saturated rings. The van der Waals surface area contributed by atoms with Crippen LogP contribution in [0.3, 0.4) is 0 Å². The molecular formula is C19H18ClN5O3S2. The van der Waals surface area contributed by atoms with Crippen LogP contribution in [0.1, 0.15) is 11.8 Å². The minimum atomic E-state index is -3.55. The summed E-state index contributed by atoms with van der Waals surface area (Å²) in [7, 11) is -3.55. The van der Waals surface area contributed by atoms with Gasteiger partial charge in [0.15, 0.2) is 11.5 Å². The van der Waals surface area contributed by atoms with Crippen molar-refractivity contribution in [3.63, 3.8) is 0 Å². The predicted molar refractivity (Wildman–Crippen MR) is 116 cm³/mol. The molecule has 4 aromatic rings. The Morgan fingerprint density at radius 3 is 2.73 bits per heavy atom. The van der Waals surface area contributed by atoms with Gasteiger partial charge in [0.2, 0.25) is 15.9 Å². The average Bonchev–Trinajstić information content (AvgIpc) is 3.39. The largest absolute Gasteiger partial charge is 0.475 e. The Balaban J connectivity index is 1.43. The maximum absolute atomic E-state index is 12.3. The number of nitrogens with one attached hydrogen (secondary N) is 1. The van der Waals surface area contributed by atoms with Crippen molar-refractivity contribution in [1.29, 1.82) is 0 Å². The fourth-order valence-corrected chi connectivity index (χ4v) is 5.33. The van der Waals surface area contributed by atoms with Gasteiger partial charge in [0, 0.05) is 23.1 Å². The number of nitrogens with zero attached hydrogens (tertiary/aromatic N) is 4. The highest BCUT2D eigenvalue weighted by Crippen LogP contribution is 2.26. The second-order valence-electron chi connectivity index (χ2n) is 6.27. The summed E-state index contributed by atoms with van der Waals surface area (Å²) in [6.07, 6.45) is 0.802. The highest BCUT2D eigenvalue weighted by molar-refractivity contribution is 7.91. The quantitative estimate of drug-likeness (QED) is 0.402. The van der Waals surface area contributed by atoms with Crippen molar-refractivity contribution in [2.24, 2.45) is 0 Å². The van der Waals surface area contributed by atoms with Crippen molar-refractivity contribution in [2.75, 3.05) is 13.2 Å². The molecule has 0 saturated heterocycles. The van der Waals surface area contributed by atoms with Crippen LogP contribution in [0.5, 0.6) is 5.88 Å². The number of aryl methyl sites for hydroxylation is 1. The van der Waals surface area contributed by atoms with E-state index in [2.05, 4.69) is 20.0 Å². The molecule has 4 rings (SSSR count). The zero-order chi connectivity index (χ0) is 21.1. The molecule has 0 aliphatic carbocycles. The number of ether oxygens (including phenoxy) is 1. The zero-order valence-corrected chi connectivity index (χ0v) is 18.3. The molecule has 8 nitrogen and oxygen atoms in total. The molecule has 0 bridgehead atoms. The van der Waals surface area contributed by atoms with Crippen molar-refractivity contribution in [1.82, 2.24) is 24.5 Å². The van der Waals surface area contributed by atoms with Gasteiger partial charge < -0.3 is 4.74 Å². The van der Waals surface area contributed by atoms with Crippen LogP contribution in [0.2, 0.25) is 5.02 Å². The third-order valence-corrected chi connectivity index (χ3v) is 7.76. The fraction of sp³-hybridized carbons (Fsp3) is 0.211. The molecule has 3 aromatic heterocycles. The summed E-state index contributed by atoms with van der Waals surface area (Å²) in [5.74, 6) is 0.811. The number of fused-ring (bicyclic) bond motifs is 1. The number of thiophene rings is 1. The number of hydrogen-bond donors (Lipinski definition) is 1. The summed E-state index contributed by atoms with van der Waals surface area (Å²) in [4.78, 5) is 1.02. The Morgan fingerprint density at radius 2 is 1.97 bits per heavy atom. The second-order valence-corrected chi connectivity index (χ2v) is 9.83. The summed E-state index contributed by atoms with van der Waals surface area (Å²) in [5, 5.41) is 13.2. The van der Waals surface area contributed by atoms with Crippen LogP contribution in [0, 0.1) is 0 Å². The molecule has 0 aliphatic rings. The molecule has 11 heteroatoms. The molecule has 0 radical (unpaired) electrons. The Morgan fingerprint density at radius 1 is 1.13 bits per heavy atom. The van der Waals surface area contributed by atoms with Gasteiger partial charge in [-0.15, -0.1) is 26.6 Å². The van der Waals surface area contributed by atoms with Crippen LogP contribution in [0.4, 0.5) is 0 Å². The van der Waals surface area contributed by atoms with Gasteiger partial charge in [-0.2, -0.15) is 4.52 Å². The lowest BCUT2D eigenvalue weighted by Gasteiger charge is -2.08. The Hall–Kier alpha value is -2.53. The lowest BCUT2D eigenvalue weighted by Crippen LogP contribution is -2.27. The molecule has 0 saturated carbocycles. The molecule has 3 heterocycles. The molecule has 1 N–H and O–H groups in total. The van der Waals surface area contributed by atoms with Crippen LogP contribution < -0.4 is 9.46 Å². The third-order valence-electron chi connectivity index (χ3n) is 4.25. The number of hydrogen-bond acceptors (Lipinski definition) is 7. The highest BCUT2D eigenvalue weighted by atomic mass is 35.5. The summed E-state index contributed by atoms with van der Waals surface area (Å²) in [6, 6.07) is 14.1. The minimum Gasteiger partial charge on any atom is -0.475 e. The molecule has 1 aromatic carbocycles. The number of sulfonamides is 1. The van der Waals surface area contributed by atoms with E-state index in [0.717, 1.165) is 11.3 Å². The van der Waals surface area contributed by atoms with Gasteiger partial charge in [0.1, 0.15) is 10.8 Å².